The maximum absolute atomic E-state index is 17.3. The molecule has 12 rings (SSSR count). The van der Waals surface area contributed by atoms with E-state index in [1.54, 1.807) is 30.7 Å². The lowest BCUT2D eigenvalue weighted by molar-refractivity contribution is -0.135. The molecule has 6 aliphatic rings. The average molecular weight is 1100 g/mol. The first-order chi connectivity index (χ1) is 38.6. The van der Waals surface area contributed by atoms with Crippen LogP contribution in [-0.2, 0) is 21.4 Å². The Morgan fingerprint density at radius 1 is 0.887 bits per heavy atom. The second-order valence-corrected chi connectivity index (χ2v) is 23.1. The van der Waals surface area contributed by atoms with Gasteiger partial charge in [0.15, 0.2) is 5.82 Å². The molecule has 0 saturated carbocycles. The summed E-state index contributed by atoms with van der Waals surface area (Å²) in [6.45, 7) is 8.39. The highest BCUT2D eigenvalue weighted by Gasteiger charge is 2.50. The first kappa shape index (κ1) is 53.5. The predicted octanol–water partition coefficient (Wildman–Crippen LogP) is 8.77. The summed E-state index contributed by atoms with van der Waals surface area (Å²) in [5.74, 6) is 1.40. The number of benzene rings is 3. The Bertz CT molecular complexity index is 3580. The molecule has 1 unspecified atom stereocenters. The van der Waals surface area contributed by atoms with Crippen molar-refractivity contribution in [3.05, 3.63) is 87.5 Å². The van der Waals surface area contributed by atoms with Crippen LogP contribution >= 0.6 is 0 Å². The number of carbonyl (C=O) groups excluding carboxylic acids is 3. The van der Waals surface area contributed by atoms with Crippen molar-refractivity contribution >= 4 is 56.4 Å². The number of piperidine rings is 4. The van der Waals surface area contributed by atoms with Gasteiger partial charge in [0.05, 0.1) is 34.1 Å². The second-order valence-electron chi connectivity index (χ2n) is 23.1. The second kappa shape index (κ2) is 21.4. The Balaban J connectivity index is 0.668. The fourth-order valence-corrected chi connectivity index (χ4v) is 13.9. The lowest BCUT2D eigenvalue weighted by Crippen LogP contribution is -2.48. The topological polar surface area (TPSA) is 160 Å². The number of hydrogen-bond acceptors (Lipinski definition) is 12. The van der Waals surface area contributed by atoms with Crippen LogP contribution in [0.1, 0.15) is 113 Å². The van der Waals surface area contributed by atoms with E-state index < -0.39 is 41.6 Å². The zero-order chi connectivity index (χ0) is 55.6. The van der Waals surface area contributed by atoms with Crippen molar-refractivity contribution < 1.29 is 41.4 Å². The molecular weight excluding hydrogens is 1030 g/mol. The van der Waals surface area contributed by atoms with Crippen molar-refractivity contribution in [2.45, 2.75) is 120 Å². The van der Waals surface area contributed by atoms with Crippen LogP contribution in [0.4, 0.5) is 28.2 Å². The first-order valence-corrected chi connectivity index (χ1v) is 28.3. The fraction of sp³-hybridized carbons (Fsp3) is 0.517. The molecule has 6 saturated heterocycles. The van der Waals surface area contributed by atoms with Crippen LogP contribution in [0.5, 0.6) is 6.01 Å². The number of halogens is 4. The van der Waals surface area contributed by atoms with E-state index in [-0.39, 0.29) is 96.7 Å². The average Bonchev–Trinajstić information content (AvgIpc) is 4.19. The summed E-state index contributed by atoms with van der Waals surface area (Å²) in [6.07, 6.45) is 8.49. The Labute approximate surface area is 460 Å². The number of imidazole rings is 1. The maximum Gasteiger partial charge on any atom is 0.409 e. The summed E-state index contributed by atoms with van der Waals surface area (Å²) in [5.41, 5.74) is 2.94. The molecule has 16 nitrogen and oxygen atoms in total. The molecule has 6 aliphatic heterocycles. The molecule has 20 heteroatoms. The standard InChI is InChI=1S/C60H66F4N10O6/c1-4-7-42-45(61)10-8-40-28-36(2)29-43(50(40)42)52-51(62)53-44(31-65-52)54(72-22-6-20-60(63,64)34-72)68-56(67-53)80-35-59-19-5-23-73(59)41(14-21-59)33-79-58(78)71-26-15-37(16-27-71)32-70-24-17-38(18-25-70)39-9-11-46-48(30-39)69(3)57(77)74(46)47-12-13-49(75)66-55(47)76/h8-11,28-31,37-38,41,47H,5-6,12-27,32-35H2,1-3H3,(H,66,75,76)/t41-,47?,59-/m0/s1. The molecular formula is C60H66F4N10O6. The Morgan fingerprint density at radius 3 is 2.46 bits per heavy atom. The number of likely N-dealkylation sites (tertiary alicyclic amines) is 2. The van der Waals surface area contributed by atoms with E-state index in [0.29, 0.717) is 53.2 Å². The van der Waals surface area contributed by atoms with E-state index in [0.717, 1.165) is 88.6 Å². The summed E-state index contributed by atoms with van der Waals surface area (Å²) >= 11 is 0. The van der Waals surface area contributed by atoms with Crippen molar-refractivity contribution in [2.24, 2.45) is 13.0 Å². The van der Waals surface area contributed by atoms with Gasteiger partial charge in [-0.1, -0.05) is 24.1 Å². The summed E-state index contributed by atoms with van der Waals surface area (Å²) in [4.78, 5) is 73.4. The van der Waals surface area contributed by atoms with Crippen molar-refractivity contribution in [1.29, 1.82) is 0 Å². The van der Waals surface area contributed by atoms with Gasteiger partial charge in [0.2, 0.25) is 11.8 Å². The number of nitrogens with one attached hydrogen (secondary N) is 1. The van der Waals surface area contributed by atoms with E-state index >= 15 is 17.6 Å². The van der Waals surface area contributed by atoms with Crippen molar-refractivity contribution in [3.8, 4) is 29.1 Å². The van der Waals surface area contributed by atoms with Crippen LogP contribution in [0.25, 0.3) is 44.0 Å². The van der Waals surface area contributed by atoms with Crippen LogP contribution in [0, 0.1) is 36.3 Å². The van der Waals surface area contributed by atoms with Crippen LogP contribution < -0.4 is 20.6 Å². The summed E-state index contributed by atoms with van der Waals surface area (Å²) in [6, 6.07) is 11.8. The highest BCUT2D eigenvalue weighted by molar-refractivity contribution is 6.03. The molecule has 3 amide bonds. The number of anilines is 1. The molecule has 0 aliphatic carbocycles. The molecule has 3 aromatic carbocycles. The number of alkyl halides is 2. The lowest BCUT2D eigenvalue weighted by atomic mass is 9.88. The predicted molar refractivity (Wildman–Crippen MR) is 294 cm³/mol. The van der Waals surface area contributed by atoms with E-state index in [9.17, 15) is 19.2 Å². The molecule has 1 N–H and O–H groups in total. The monoisotopic (exact) mass is 1100 g/mol. The van der Waals surface area contributed by atoms with Gasteiger partial charge in [-0.3, -0.25) is 33.9 Å². The summed E-state index contributed by atoms with van der Waals surface area (Å²) < 4.78 is 78.3. The maximum atomic E-state index is 17.3. The summed E-state index contributed by atoms with van der Waals surface area (Å²) in [5, 5.41) is 3.59. The number of carbonyl (C=O) groups is 3. The van der Waals surface area contributed by atoms with Gasteiger partial charge in [-0.2, -0.15) is 9.97 Å². The molecule has 80 heavy (non-hydrogen) atoms. The van der Waals surface area contributed by atoms with Crippen LogP contribution in [0.2, 0.25) is 0 Å². The third-order valence-electron chi connectivity index (χ3n) is 18.0. The largest absolute Gasteiger partial charge is 0.461 e. The number of imide groups is 1. The van der Waals surface area contributed by atoms with Crippen LogP contribution in [0.15, 0.2) is 53.5 Å². The fourth-order valence-electron chi connectivity index (χ4n) is 13.9. The molecule has 0 radical (unpaired) electrons. The molecule has 0 bridgehead atoms. The molecule has 0 spiro atoms. The van der Waals surface area contributed by atoms with Crippen LogP contribution in [0.3, 0.4) is 0 Å². The molecule has 6 fully saturated rings. The number of ether oxygens (including phenoxy) is 2. The number of hydrogen-bond donors (Lipinski definition) is 1. The zero-order valence-corrected chi connectivity index (χ0v) is 45.5. The number of pyridine rings is 1. The van der Waals surface area contributed by atoms with Crippen molar-refractivity contribution in [1.82, 2.24) is 44.1 Å². The van der Waals surface area contributed by atoms with E-state index in [2.05, 4.69) is 49.1 Å². The lowest BCUT2D eigenvalue weighted by Gasteiger charge is -2.38. The van der Waals surface area contributed by atoms with Gasteiger partial charge in [0, 0.05) is 69.3 Å². The molecule has 3 aromatic heterocycles. The number of amides is 3. The molecule has 9 heterocycles. The number of aryl methyl sites for hydroxylation is 2. The summed E-state index contributed by atoms with van der Waals surface area (Å²) in [7, 11) is 1.73. The normalized spacial score (nSPS) is 23.2. The minimum Gasteiger partial charge on any atom is -0.461 e. The van der Waals surface area contributed by atoms with E-state index in [1.807, 2.05) is 24.0 Å². The van der Waals surface area contributed by atoms with E-state index in [4.69, 9.17) is 14.5 Å². The minimum atomic E-state index is -2.99. The van der Waals surface area contributed by atoms with Gasteiger partial charge in [0.25, 0.3) is 5.92 Å². The molecule has 3 atom stereocenters. The quantitative estimate of drug-likeness (QED) is 0.0748. The van der Waals surface area contributed by atoms with Gasteiger partial charge in [-0.05, 0) is 150 Å². The van der Waals surface area contributed by atoms with Gasteiger partial charge >= 0.3 is 17.8 Å². The van der Waals surface area contributed by atoms with Crippen molar-refractivity contribution in [2.75, 3.05) is 70.5 Å². The van der Waals surface area contributed by atoms with Gasteiger partial charge in [0.1, 0.15) is 42.1 Å². The third-order valence-corrected chi connectivity index (χ3v) is 18.0. The first-order valence-electron chi connectivity index (χ1n) is 28.3. The number of fused-ring (bicyclic) bond motifs is 4. The van der Waals surface area contributed by atoms with Crippen molar-refractivity contribution in [3.63, 3.8) is 0 Å². The van der Waals surface area contributed by atoms with Gasteiger partial charge in [-0.15, -0.1) is 5.92 Å². The highest BCUT2D eigenvalue weighted by Crippen LogP contribution is 2.44. The smallest absolute Gasteiger partial charge is 0.409 e. The van der Waals surface area contributed by atoms with E-state index in [1.165, 1.54) is 27.3 Å². The van der Waals surface area contributed by atoms with Gasteiger partial charge in [-0.25, -0.2) is 27.2 Å². The molecule has 6 aromatic rings. The third kappa shape index (κ3) is 10.0. The van der Waals surface area contributed by atoms with Gasteiger partial charge < -0.3 is 24.2 Å². The Hall–Kier alpha value is -7.11. The Kier molecular flexibility index (Phi) is 14.3. The zero-order valence-electron chi connectivity index (χ0n) is 45.5. The van der Waals surface area contributed by atoms with Crippen LogP contribution in [-0.4, -0.2) is 140 Å². The number of rotatable bonds is 11. The highest BCUT2D eigenvalue weighted by atomic mass is 19.3. The number of aromatic nitrogens is 5. The SMILES string of the molecule is CC#Cc1c(F)ccc2cc(C)cc(-c3ncc4c(N5CCCC(F)(F)C5)nc(OC[C@@]56CCCN5[C@H](COC(=O)N5CCC(CN7CCC(c8ccc9c(c8)n(C)c(=O)n9C8CCC(=O)NC8=O)CC7)CC5)CC6)nc4c3F)c12. The minimum absolute atomic E-state index is 0.0377. The number of nitrogens with zero attached hydrogens (tertiary/aromatic N) is 9. The Morgan fingerprint density at radius 2 is 1.69 bits per heavy atom. The molecule has 420 valence electrons.